The number of piperidine rings is 1. The van der Waals surface area contributed by atoms with E-state index in [1.807, 2.05) is 11.9 Å². The predicted molar refractivity (Wildman–Crippen MR) is 83.5 cm³/mol. The van der Waals surface area contributed by atoms with E-state index in [1.165, 1.54) is 20.0 Å². The molecule has 2 rings (SSSR count). The summed E-state index contributed by atoms with van der Waals surface area (Å²) >= 11 is 0. The topological polar surface area (TPSA) is 71.7 Å². The summed E-state index contributed by atoms with van der Waals surface area (Å²) in [5.41, 5.74) is 6.87. The van der Waals surface area contributed by atoms with Crippen LogP contribution in [0.2, 0.25) is 0 Å². The predicted octanol–water partition coefficient (Wildman–Crippen LogP) is 1.23. The van der Waals surface area contributed by atoms with Gasteiger partial charge in [0.15, 0.2) is 11.5 Å². The van der Waals surface area contributed by atoms with E-state index in [9.17, 15) is 4.79 Å². The fourth-order valence-corrected chi connectivity index (χ4v) is 2.70. The van der Waals surface area contributed by atoms with Crippen LogP contribution in [-0.2, 0) is 4.74 Å². The van der Waals surface area contributed by atoms with Crippen LogP contribution in [0.4, 0.5) is 11.5 Å². The van der Waals surface area contributed by atoms with Crippen molar-refractivity contribution < 1.29 is 9.53 Å². The number of hydrogen-bond acceptors (Lipinski definition) is 6. The van der Waals surface area contributed by atoms with Gasteiger partial charge in [0.25, 0.3) is 0 Å². The minimum absolute atomic E-state index is 0.289. The molecule has 1 fully saturated rings. The number of nitrogens with two attached hydrogens (primary N) is 1. The van der Waals surface area contributed by atoms with Gasteiger partial charge in [0, 0.05) is 13.6 Å². The SMILES string of the molecule is COC(=O)c1ccc(N)c(N(C)CC2CCN(C)CC2)n1. The highest BCUT2D eigenvalue weighted by Gasteiger charge is 2.20. The van der Waals surface area contributed by atoms with E-state index in [2.05, 4.69) is 16.9 Å². The number of esters is 1. The number of ether oxygens (including phenoxy) is 1. The zero-order valence-electron chi connectivity index (χ0n) is 13.0. The molecule has 0 amide bonds. The van der Waals surface area contributed by atoms with E-state index in [-0.39, 0.29) is 5.69 Å². The first kappa shape index (κ1) is 15.6. The number of pyridine rings is 1. The van der Waals surface area contributed by atoms with Crippen LogP contribution in [-0.4, -0.2) is 56.7 Å². The molecule has 116 valence electrons. The number of hydrogen-bond donors (Lipinski definition) is 1. The maximum atomic E-state index is 11.6. The third-order valence-corrected chi connectivity index (χ3v) is 4.03. The van der Waals surface area contributed by atoms with Gasteiger partial charge in [0.1, 0.15) is 0 Å². The molecule has 0 spiro atoms. The molecule has 1 aliphatic heterocycles. The molecule has 1 saturated heterocycles. The average molecular weight is 292 g/mol. The van der Waals surface area contributed by atoms with Crippen LogP contribution in [0.1, 0.15) is 23.3 Å². The van der Waals surface area contributed by atoms with Crippen molar-refractivity contribution in [3.8, 4) is 0 Å². The van der Waals surface area contributed by atoms with Crippen molar-refractivity contribution in [2.45, 2.75) is 12.8 Å². The molecular formula is C15H24N4O2. The lowest BCUT2D eigenvalue weighted by atomic mass is 9.96. The molecule has 6 nitrogen and oxygen atoms in total. The molecule has 1 aromatic heterocycles. The second-order valence-corrected chi connectivity index (χ2v) is 5.73. The molecule has 0 unspecified atom stereocenters. The third-order valence-electron chi connectivity index (χ3n) is 4.03. The van der Waals surface area contributed by atoms with Gasteiger partial charge in [-0.1, -0.05) is 0 Å². The van der Waals surface area contributed by atoms with E-state index in [0.717, 1.165) is 19.6 Å². The van der Waals surface area contributed by atoms with E-state index in [0.29, 0.717) is 17.4 Å². The van der Waals surface area contributed by atoms with Crippen LogP contribution >= 0.6 is 0 Å². The van der Waals surface area contributed by atoms with Crippen molar-refractivity contribution >= 4 is 17.5 Å². The lowest BCUT2D eigenvalue weighted by Crippen LogP contribution is -2.36. The summed E-state index contributed by atoms with van der Waals surface area (Å²) < 4.78 is 4.71. The Morgan fingerprint density at radius 2 is 2.14 bits per heavy atom. The zero-order valence-corrected chi connectivity index (χ0v) is 13.0. The Labute approximate surface area is 125 Å². The fourth-order valence-electron chi connectivity index (χ4n) is 2.70. The van der Waals surface area contributed by atoms with E-state index < -0.39 is 5.97 Å². The van der Waals surface area contributed by atoms with Crippen molar-refractivity contribution in [1.82, 2.24) is 9.88 Å². The molecule has 0 aromatic carbocycles. The Kier molecular flexibility index (Phi) is 5.01. The summed E-state index contributed by atoms with van der Waals surface area (Å²) in [7, 11) is 5.47. The normalized spacial score (nSPS) is 16.7. The largest absolute Gasteiger partial charge is 0.464 e. The number of carbonyl (C=O) groups excluding carboxylic acids is 1. The molecule has 2 heterocycles. The summed E-state index contributed by atoms with van der Waals surface area (Å²) in [6, 6.07) is 3.30. The minimum atomic E-state index is -0.441. The first-order valence-corrected chi connectivity index (χ1v) is 7.25. The molecule has 0 bridgehead atoms. The van der Waals surface area contributed by atoms with Crippen molar-refractivity contribution in [2.24, 2.45) is 5.92 Å². The van der Waals surface area contributed by atoms with Crippen LogP contribution in [0.15, 0.2) is 12.1 Å². The number of anilines is 2. The number of nitrogen functional groups attached to an aromatic ring is 1. The molecule has 0 aliphatic carbocycles. The second-order valence-electron chi connectivity index (χ2n) is 5.73. The standard InChI is InChI=1S/C15H24N4O2/c1-18-8-6-11(7-9-18)10-19(2)14-12(16)4-5-13(17-14)15(20)21-3/h4-5,11H,6-10,16H2,1-3H3. The van der Waals surface area contributed by atoms with Gasteiger partial charge in [-0.05, 0) is 51.0 Å². The number of rotatable bonds is 4. The molecule has 1 aromatic rings. The van der Waals surface area contributed by atoms with Gasteiger partial charge in [0.05, 0.1) is 12.8 Å². The van der Waals surface area contributed by atoms with E-state index in [1.54, 1.807) is 12.1 Å². The van der Waals surface area contributed by atoms with Crippen molar-refractivity contribution in [1.29, 1.82) is 0 Å². The average Bonchev–Trinajstić information content (AvgIpc) is 2.49. The van der Waals surface area contributed by atoms with Gasteiger partial charge in [0.2, 0.25) is 0 Å². The van der Waals surface area contributed by atoms with Gasteiger partial charge in [-0.3, -0.25) is 0 Å². The van der Waals surface area contributed by atoms with Gasteiger partial charge in [-0.25, -0.2) is 9.78 Å². The number of carbonyl (C=O) groups is 1. The highest BCUT2D eigenvalue weighted by Crippen LogP contribution is 2.24. The van der Waals surface area contributed by atoms with Crippen molar-refractivity contribution in [3.63, 3.8) is 0 Å². The third kappa shape index (κ3) is 3.85. The molecule has 0 radical (unpaired) electrons. The van der Waals surface area contributed by atoms with E-state index in [4.69, 9.17) is 10.5 Å². The Hall–Kier alpha value is -1.82. The van der Waals surface area contributed by atoms with Crippen LogP contribution < -0.4 is 10.6 Å². The zero-order chi connectivity index (χ0) is 15.4. The Morgan fingerprint density at radius 1 is 1.48 bits per heavy atom. The van der Waals surface area contributed by atoms with Crippen molar-refractivity contribution in [3.05, 3.63) is 17.8 Å². The second kappa shape index (κ2) is 6.76. The Morgan fingerprint density at radius 3 is 2.76 bits per heavy atom. The number of aromatic nitrogens is 1. The summed E-state index contributed by atoms with van der Waals surface area (Å²) in [4.78, 5) is 20.3. The number of likely N-dealkylation sites (tertiary alicyclic amines) is 1. The quantitative estimate of drug-likeness (QED) is 0.842. The lowest BCUT2D eigenvalue weighted by molar-refractivity contribution is 0.0594. The smallest absolute Gasteiger partial charge is 0.356 e. The fraction of sp³-hybridized carbons (Fsp3) is 0.600. The maximum Gasteiger partial charge on any atom is 0.356 e. The Bertz CT molecular complexity index is 498. The molecule has 1 aliphatic rings. The van der Waals surface area contributed by atoms with Crippen LogP contribution in [0.3, 0.4) is 0 Å². The monoisotopic (exact) mass is 292 g/mol. The highest BCUT2D eigenvalue weighted by atomic mass is 16.5. The number of nitrogens with zero attached hydrogens (tertiary/aromatic N) is 3. The lowest BCUT2D eigenvalue weighted by Gasteiger charge is -2.32. The molecular weight excluding hydrogens is 268 g/mol. The highest BCUT2D eigenvalue weighted by molar-refractivity contribution is 5.88. The van der Waals surface area contributed by atoms with Crippen LogP contribution in [0.5, 0.6) is 0 Å². The molecule has 0 saturated carbocycles. The molecule has 2 N–H and O–H groups in total. The first-order valence-electron chi connectivity index (χ1n) is 7.25. The summed E-state index contributed by atoms with van der Waals surface area (Å²) in [5, 5.41) is 0. The van der Waals surface area contributed by atoms with Gasteiger partial charge in [-0.2, -0.15) is 0 Å². The molecule has 6 heteroatoms. The maximum absolute atomic E-state index is 11.6. The first-order chi connectivity index (χ1) is 10.0. The molecule has 21 heavy (non-hydrogen) atoms. The van der Waals surface area contributed by atoms with E-state index >= 15 is 0 Å². The van der Waals surface area contributed by atoms with Gasteiger partial charge >= 0.3 is 5.97 Å². The summed E-state index contributed by atoms with van der Waals surface area (Å²) in [6.45, 7) is 3.16. The van der Waals surface area contributed by atoms with Crippen LogP contribution in [0.25, 0.3) is 0 Å². The Balaban J connectivity index is 2.07. The minimum Gasteiger partial charge on any atom is -0.464 e. The molecule has 0 atom stereocenters. The summed E-state index contributed by atoms with van der Waals surface area (Å²) in [5.74, 6) is 0.843. The van der Waals surface area contributed by atoms with Crippen molar-refractivity contribution in [2.75, 3.05) is 51.5 Å². The number of methoxy groups -OCH3 is 1. The van der Waals surface area contributed by atoms with Gasteiger partial charge < -0.3 is 20.3 Å². The summed E-state index contributed by atoms with van der Waals surface area (Å²) in [6.07, 6.45) is 2.36. The van der Waals surface area contributed by atoms with Crippen LogP contribution in [0, 0.1) is 5.92 Å². The van der Waals surface area contributed by atoms with Gasteiger partial charge in [-0.15, -0.1) is 0 Å².